The van der Waals surface area contributed by atoms with Crippen LogP contribution in [0.1, 0.15) is 56.8 Å². The molecule has 0 aromatic carbocycles. The molecular weight excluding hydrogens is 258 g/mol. The van der Waals surface area contributed by atoms with Crippen LogP contribution in [0.3, 0.4) is 0 Å². The van der Waals surface area contributed by atoms with Crippen LogP contribution in [0, 0.1) is 12.8 Å². The molecule has 0 saturated heterocycles. The average molecular weight is 289 g/mol. The van der Waals surface area contributed by atoms with Gasteiger partial charge in [-0.25, -0.2) is 0 Å². The van der Waals surface area contributed by atoms with Crippen LogP contribution in [-0.2, 0) is 6.54 Å². The molecule has 3 heteroatoms. The van der Waals surface area contributed by atoms with Crippen LogP contribution < -0.4 is 5.73 Å². The number of pyridine rings is 1. The molecule has 1 aliphatic rings. The van der Waals surface area contributed by atoms with Crippen molar-refractivity contribution in [3.05, 3.63) is 29.6 Å². The molecule has 3 nitrogen and oxygen atoms in total. The van der Waals surface area contributed by atoms with Gasteiger partial charge in [-0.15, -0.1) is 0 Å². The number of hydrogen-bond acceptors (Lipinski definition) is 3. The fourth-order valence-corrected chi connectivity index (χ4v) is 3.75. The lowest BCUT2D eigenvalue weighted by Crippen LogP contribution is -2.53. The van der Waals surface area contributed by atoms with E-state index in [1.807, 2.05) is 0 Å². The molecule has 2 rings (SSSR count). The fraction of sp³-hybridized carbons (Fsp3) is 0.722. The maximum Gasteiger partial charge on any atom is 0.0547 e. The number of nitrogens with two attached hydrogens (primary N) is 1. The van der Waals surface area contributed by atoms with Crippen molar-refractivity contribution in [1.29, 1.82) is 0 Å². The van der Waals surface area contributed by atoms with E-state index < -0.39 is 0 Å². The summed E-state index contributed by atoms with van der Waals surface area (Å²) in [5.74, 6) is 0.917. The van der Waals surface area contributed by atoms with Crippen LogP contribution in [0.5, 0.6) is 0 Å². The highest BCUT2D eigenvalue weighted by Gasteiger charge is 2.37. The molecule has 118 valence electrons. The van der Waals surface area contributed by atoms with Crippen LogP contribution in [-0.4, -0.2) is 29.0 Å². The van der Waals surface area contributed by atoms with Gasteiger partial charge in [-0.1, -0.05) is 25.8 Å². The molecule has 0 bridgehead atoms. The first-order chi connectivity index (χ1) is 10.1. The standard InChI is InChI=1S/C18H31N3/c1-4-6-16-9-11-18(14-19,12-10-16)21(3)13-17-8-5-7-15(2)20-17/h5,7-8,16H,4,6,9-14,19H2,1-3H3. The maximum atomic E-state index is 6.18. The summed E-state index contributed by atoms with van der Waals surface area (Å²) in [6.45, 7) is 6.00. The third-order valence-corrected chi connectivity index (χ3v) is 5.27. The Bertz CT molecular complexity index is 436. The number of aromatic nitrogens is 1. The Morgan fingerprint density at radius 3 is 2.62 bits per heavy atom. The lowest BCUT2D eigenvalue weighted by Gasteiger charge is -2.46. The van der Waals surface area contributed by atoms with Crippen molar-refractivity contribution in [3.63, 3.8) is 0 Å². The molecule has 1 heterocycles. The zero-order valence-corrected chi connectivity index (χ0v) is 13.9. The van der Waals surface area contributed by atoms with Crippen molar-refractivity contribution in [1.82, 2.24) is 9.88 Å². The van der Waals surface area contributed by atoms with E-state index in [0.29, 0.717) is 0 Å². The van der Waals surface area contributed by atoms with Crippen molar-refractivity contribution >= 4 is 0 Å². The molecule has 1 aromatic heterocycles. The van der Waals surface area contributed by atoms with Crippen LogP contribution in [0.15, 0.2) is 18.2 Å². The number of hydrogen-bond donors (Lipinski definition) is 1. The van der Waals surface area contributed by atoms with Crippen molar-refractivity contribution in [2.24, 2.45) is 11.7 Å². The Labute approximate surface area is 129 Å². The third kappa shape index (κ3) is 4.04. The van der Waals surface area contributed by atoms with E-state index in [0.717, 1.165) is 30.4 Å². The fourth-order valence-electron chi connectivity index (χ4n) is 3.75. The minimum Gasteiger partial charge on any atom is -0.329 e. The minimum absolute atomic E-state index is 0.176. The summed E-state index contributed by atoms with van der Waals surface area (Å²) in [6.07, 6.45) is 7.81. The SMILES string of the molecule is CCCC1CCC(CN)(N(C)Cc2cccc(C)n2)CC1. The molecule has 0 spiro atoms. The summed E-state index contributed by atoms with van der Waals surface area (Å²) in [5, 5.41) is 0. The first-order valence-corrected chi connectivity index (χ1v) is 8.43. The summed E-state index contributed by atoms with van der Waals surface area (Å²) < 4.78 is 0. The van der Waals surface area contributed by atoms with Crippen molar-refractivity contribution in [2.45, 2.75) is 64.5 Å². The second-order valence-electron chi connectivity index (χ2n) is 6.79. The van der Waals surface area contributed by atoms with Crippen molar-refractivity contribution in [2.75, 3.05) is 13.6 Å². The van der Waals surface area contributed by atoms with E-state index in [9.17, 15) is 0 Å². The maximum absolute atomic E-state index is 6.18. The van der Waals surface area contributed by atoms with Gasteiger partial charge < -0.3 is 5.73 Å². The van der Waals surface area contributed by atoms with E-state index in [4.69, 9.17) is 5.73 Å². The lowest BCUT2D eigenvalue weighted by atomic mass is 9.74. The largest absolute Gasteiger partial charge is 0.329 e. The number of rotatable bonds is 6. The molecule has 0 unspecified atom stereocenters. The van der Waals surface area contributed by atoms with Crippen LogP contribution in [0.25, 0.3) is 0 Å². The molecule has 2 N–H and O–H groups in total. The van der Waals surface area contributed by atoms with Gasteiger partial charge in [0.05, 0.1) is 5.69 Å². The first-order valence-electron chi connectivity index (χ1n) is 8.43. The second-order valence-corrected chi connectivity index (χ2v) is 6.79. The summed E-state index contributed by atoms with van der Waals surface area (Å²) >= 11 is 0. The van der Waals surface area contributed by atoms with Gasteiger partial charge in [0.15, 0.2) is 0 Å². The Morgan fingerprint density at radius 2 is 2.05 bits per heavy atom. The van der Waals surface area contributed by atoms with Crippen molar-refractivity contribution < 1.29 is 0 Å². The van der Waals surface area contributed by atoms with Gasteiger partial charge in [0.25, 0.3) is 0 Å². The molecule has 1 aromatic rings. The smallest absolute Gasteiger partial charge is 0.0547 e. The highest BCUT2D eigenvalue weighted by atomic mass is 15.2. The van der Waals surface area contributed by atoms with Crippen LogP contribution in [0.4, 0.5) is 0 Å². The van der Waals surface area contributed by atoms with Crippen molar-refractivity contribution in [3.8, 4) is 0 Å². The van der Waals surface area contributed by atoms with E-state index in [2.05, 4.69) is 49.0 Å². The Hall–Kier alpha value is -0.930. The van der Waals surface area contributed by atoms with E-state index in [1.54, 1.807) is 0 Å². The molecule has 0 radical (unpaired) electrons. The van der Waals surface area contributed by atoms with Gasteiger partial charge in [0, 0.05) is 24.3 Å². The summed E-state index contributed by atoms with van der Waals surface area (Å²) in [5.41, 5.74) is 8.60. The highest BCUT2D eigenvalue weighted by molar-refractivity contribution is 5.10. The molecule has 21 heavy (non-hydrogen) atoms. The predicted molar refractivity (Wildman–Crippen MR) is 89.1 cm³/mol. The van der Waals surface area contributed by atoms with E-state index in [-0.39, 0.29) is 5.54 Å². The van der Waals surface area contributed by atoms with Gasteiger partial charge in [-0.2, -0.15) is 0 Å². The zero-order chi connectivity index (χ0) is 15.3. The number of aryl methyl sites for hydroxylation is 1. The third-order valence-electron chi connectivity index (χ3n) is 5.27. The predicted octanol–water partition coefficient (Wildman–Crippen LogP) is 3.51. The summed E-state index contributed by atoms with van der Waals surface area (Å²) in [6, 6.07) is 6.27. The molecule has 0 atom stereocenters. The average Bonchev–Trinajstić information content (AvgIpc) is 2.48. The van der Waals surface area contributed by atoms with Gasteiger partial charge in [0.1, 0.15) is 0 Å². The Balaban J connectivity index is 2.00. The summed E-state index contributed by atoms with van der Waals surface area (Å²) in [7, 11) is 2.22. The molecule has 1 aliphatic carbocycles. The second kappa shape index (κ2) is 7.37. The normalized spacial score (nSPS) is 26.2. The van der Waals surface area contributed by atoms with E-state index >= 15 is 0 Å². The lowest BCUT2D eigenvalue weighted by molar-refractivity contribution is 0.0559. The van der Waals surface area contributed by atoms with Gasteiger partial charge in [-0.3, -0.25) is 9.88 Å². The topological polar surface area (TPSA) is 42.1 Å². The first kappa shape index (κ1) is 16.4. The monoisotopic (exact) mass is 289 g/mol. The van der Waals surface area contributed by atoms with Gasteiger partial charge in [0.2, 0.25) is 0 Å². The van der Waals surface area contributed by atoms with Gasteiger partial charge in [-0.05, 0) is 57.7 Å². The molecular formula is C18H31N3. The molecule has 1 saturated carbocycles. The quantitative estimate of drug-likeness (QED) is 0.871. The molecule has 0 amide bonds. The Kier molecular flexibility index (Phi) is 5.77. The van der Waals surface area contributed by atoms with Gasteiger partial charge >= 0.3 is 0 Å². The van der Waals surface area contributed by atoms with E-state index in [1.165, 1.54) is 38.5 Å². The molecule has 0 aliphatic heterocycles. The van der Waals surface area contributed by atoms with Crippen LogP contribution >= 0.6 is 0 Å². The summed E-state index contributed by atoms with van der Waals surface area (Å²) in [4.78, 5) is 7.09. The Morgan fingerprint density at radius 1 is 1.33 bits per heavy atom. The van der Waals surface area contributed by atoms with Crippen LogP contribution in [0.2, 0.25) is 0 Å². The minimum atomic E-state index is 0.176. The number of nitrogens with zero attached hydrogens (tertiary/aromatic N) is 2. The molecule has 1 fully saturated rings. The number of likely N-dealkylation sites (N-methyl/N-ethyl adjacent to an activating group) is 1. The zero-order valence-electron chi connectivity index (χ0n) is 13.9. The highest BCUT2D eigenvalue weighted by Crippen LogP contribution is 2.37.